The van der Waals surface area contributed by atoms with Gasteiger partial charge in [-0.2, -0.15) is 0 Å². The van der Waals surface area contributed by atoms with Gasteiger partial charge in [0.25, 0.3) is 0 Å². The van der Waals surface area contributed by atoms with E-state index in [0.29, 0.717) is 12.2 Å². The molecule has 0 radical (unpaired) electrons. The van der Waals surface area contributed by atoms with Crippen molar-refractivity contribution in [2.75, 3.05) is 39.8 Å². The number of aliphatic hydroxyl groups is 1. The van der Waals surface area contributed by atoms with Gasteiger partial charge >= 0.3 is 0 Å². The molecule has 20 heavy (non-hydrogen) atoms. The van der Waals surface area contributed by atoms with E-state index in [9.17, 15) is 9.90 Å². The Morgan fingerprint density at radius 3 is 2.95 bits per heavy atom. The molecule has 0 saturated carbocycles. The summed E-state index contributed by atoms with van der Waals surface area (Å²) >= 11 is 0. The first-order valence-corrected chi connectivity index (χ1v) is 6.85. The molecule has 0 bridgehead atoms. The number of piperazine rings is 1. The van der Waals surface area contributed by atoms with Crippen LogP contribution < -0.4 is 5.73 Å². The standard InChI is InChI=1S/C14H22N4O2/c1-17-6-7-18(11(8-17)10-19)9-12(14(15)20)13-4-2-3-5-16-13/h2-5,11-12,19H,6-10H2,1H3,(H2,15,20). The molecule has 1 aliphatic rings. The molecule has 1 aromatic heterocycles. The lowest BCUT2D eigenvalue weighted by atomic mass is 10.0. The maximum absolute atomic E-state index is 11.7. The number of likely N-dealkylation sites (N-methyl/N-ethyl adjacent to an activating group) is 1. The molecule has 2 heterocycles. The number of carbonyl (C=O) groups is 1. The molecule has 0 spiro atoms. The van der Waals surface area contributed by atoms with Crippen LogP contribution >= 0.6 is 0 Å². The summed E-state index contributed by atoms with van der Waals surface area (Å²) in [7, 11) is 2.03. The van der Waals surface area contributed by atoms with E-state index in [-0.39, 0.29) is 18.6 Å². The lowest BCUT2D eigenvalue weighted by molar-refractivity contribution is -0.120. The Morgan fingerprint density at radius 1 is 1.55 bits per heavy atom. The number of aliphatic hydroxyl groups excluding tert-OH is 1. The maximum Gasteiger partial charge on any atom is 0.227 e. The maximum atomic E-state index is 11.7. The molecule has 0 aromatic carbocycles. The van der Waals surface area contributed by atoms with Crippen LogP contribution in [-0.4, -0.2) is 71.7 Å². The molecule has 6 heteroatoms. The number of pyridine rings is 1. The van der Waals surface area contributed by atoms with Gasteiger partial charge in [0.05, 0.1) is 18.2 Å². The number of aromatic nitrogens is 1. The summed E-state index contributed by atoms with van der Waals surface area (Å²) in [6, 6.07) is 5.53. The highest BCUT2D eigenvalue weighted by molar-refractivity contribution is 5.81. The second kappa shape index (κ2) is 6.78. The van der Waals surface area contributed by atoms with Gasteiger partial charge in [-0.1, -0.05) is 6.07 Å². The Bertz CT molecular complexity index is 440. The van der Waals surface area contributed by atoms with E-state index in [1.165, 1.54) is 0 Å². The minimum atomic E-state index is -0.436. The van der Waals surface area contributed by atoms with Gasteiger partial charge in [-0.15, -0.1) is 0 Å². The summed E-state index contributed by atoms with van der Waals surface area (Å²) in [4.78, 5) is 20.3. The van der Waals surface area contributed by atoms with Crippen molar-refractivity contribution >= 4 is 5.91 Å². The predicted octanol–water partition coefficient (Wildman–Crippen LogP) is -0.741. The zero-order valence-electron chi connectivity index (χ0n) is 11.8. The third-order valence-electron chi connectivity index (χ3n) is 3.82. The van der Waals surface area contributed by atoms with Gasteiger partial charge in [0.1, 0.15) is 0 Å². The van der Waals surface area contributed by atoms with E-state index in [2.05, 4.69) is 14.8 Å². The summed E-state index contributed by atoms with van der Waals surface area (Å²) in [6.45, 7) is 3.12. The summed E-state index contributed by atoms with van der Waals surface area (Å²) in [5.41, 5.74) is 6.21. The largest absolute Gasteiger partial charge is 0.395 e. The van der Waals surface area contributed by atoms with Gasteiger partial charge in [0.15, 0.2) is 0 Å². The second-order valence-electron chi connectivity index (χ2n) is 5.30. The van der Waals surface area contributed by atoms with Gasteiger partial charge in [0.2, 0.25) is 5.91 Å². The van der Waals surface area contributed by atoms with E-state index in [1.54, 1.807) is 6.20 Å². The third kappa shape index (κ3) is 3.53. The minimum absolute atomic E-state index is 0.0410. The Balaban J connectivity index is 2.10. The van der Waals surface area contributed by atoms with Crippen LogP contribution in [0.1, 0.15) is 11.6 Å². The molecule has 2 rings (SSSR count). The first-order valence-electron chi connectivity index (χ1n) is 6.85. The molecule has 0 aliphatic carbocycles. The average molecular weight is 278 g/mol. The smallest absolute Gasteiger partial charge is 0.227 e. The van der Waals surface area contributed by atoms with Crippen LogP contribution in [0.2, 0.25) is 0 Å². The van der Waals surface area contributed by atoms with E-state index in [4.69, 9.17) is 5.73 Å². The fourth-order valence-electron chi connectivity index (χ4n) is 2.61. The number of nitrogens with two attached hydrogens (primary N) is 1. The van der Waals surface area contributed by atoms with Gasteiger partial charge in [-0.3, -0.25) is 14.7 Å². The Labute approximate surface area is 119 Å². The Kier molecular flexibility index (Phi) is 5.05. The van der Waals surface area contributed by atoms with Crippen LogP contribution in [0.15, 0.2) is 24.4 Å². The number of rotatable bonds is 5. The fraction of sp³-hybridized carbons (Fsp3) is 0.571. The molecular formula is C14H22N4O2. The van der Waals surface area contributed by atoms with Crippen molar-refractivity contribution < 1.29 is 9.90 Å². The van der Waals surface area contributed by atoms with Gasteiger partial charge < -0.3 is 15.7 Å². The number of hydrogen-bond donors (Lipinski definition) is 2. The van der Waals surface area contributed by atoms with Crippen molar-refractivity contribution in [2.24, 2.45) is 5.73 Å². The molecule has 2 unspecified atom stereocenters. The van der Waals surface area contributed by atoms with Crippen molar-refractivity contribution in [3.63, 3.8) is 0 Å². The Morgan fingerprint density at radius 2 is 2.35 bits per heavy atom. The van der Waals surface area contributed by atoms with Crippen LogP contribution in [0.5, 0.6) is 0 Å². The highest BCUT2D eigenvalue weighted by Gasteiger charge is 2.29. The topological polar surface area (TPSA) is 82.7 Å². The summed E-state index contributed by atoms with van der Waals surface area (Å²) in [6.07, 6.45) is 1.67. The van der Waals surface area contributed by atoms with Crippen LogP contribution in [0.25, 0.3) is 0 Å². The third-order valence-corrected chi connectivity index (χ3v) is 3.82. The molecule has 3 N–H and O–H groups in total. The molecule has 110 valence electrons. The first kappa shape index (κ1) is 14.9. The SMILES string of the molecule is CN1CCN(CC(C(N)=O)c2ccccn2)C(CO)C1. The molecule has 1 fully saturated rings. The number of carbonyl (C=O) groups excluding carboxylic acids is 1. The van der Waals surface area contributed by atoms with E-state index in [0.717, 1.165) is 19.6 Å². The van der Waals surface area contributed by atoms with E-state index < -0.39 is 5.92 Å². The van der Waals surface area contributed by atoms with Gasteiger partial charge in [0, 0.05) is 38.4 Å². The summed E-state index contributed by atoms with van der Waals surface area (Å²) in [5.74, 6) is -0.812. The lowest BCUT2D eigenvalue weighted by Gasteiger charge is -2.40. The van der Waals surface area contributed by atoms with Gasteiger partial charge in [-0.25, -0.2) is 0 Å². The van der Waals surface area contributed by atoms with Crippen molar-refractivity contribution in [3.05, 3.63) is 30.1 Å². The second-order valence-corrected chi connectivity index (χ2v) is 5.30. The molecule has 1 aliphatic heterocycles. The molecule has 6 nitrogen and oxygen atoms in total. The number of nitrogens with zero attached hydrogens (tertiary/aromatic N) is 3. The number of hydrogen-bond acceptors (Lipinski definition) is 5. The minimum Gasteiger partial charge on any atom is -0.395 e. The number of primary amides is 1. The average Bonchev–Trinajstić information content (AvgIpc) is 2.46. The normalized spacial score (nSPS) is 22.6. The quantitative estimate of drug-likeness (QED) is 0.741. The molecule has 1 amide bonds. The van der Waals surface area contributed by atoms with Crippen LogP contribution in [0.4, 0.5) is 0 Å². The summed E-state index contributed by atoms with van der Waals surface area (Å²) in [5, 5.41) is 9.50. The van der Waals surface area contributed by atoms with Gasteiger partial charge in [-0.05, 0) is 19.2 Å². The van der Waals surface area contributed by atoms with Crippen LogP contribution in [-0.2, 0) is 4.79 Å². The highest BCUT2D eigenvalue weighted by atomic mass is 16.3. The molecule has 2 atom stereocenters. The molecule has 1 saturated heterocycles. The zero-order chi connectivity index (χ0) is 14.5. The monoisotopic (exact) mass is 278 g/mol. The predicted molar refractivity (Wildman–Crippen MR) is 76.1 cm³/mol. The summed E-state index contributed by atoms with van der Waals surface area (Å²) < 4.78 is 0. The fourth-order valence-corrected chi connectivity index (χ4v) is 2.61. The van der Waals surface area contributed by atoms with Crippen molar-refractivity contribution in [1.82, 2.24) is 14.8 Å². The van der Waals surface area contributed by atoms with Crippen molar-refractivity contribution in [2.45, 2.75) is 12.0 Å². The van der Waals surface area contributed by atoms with Crippen LogP contribution in [0, 0.1) is 0 Å². The van der Waals surface area contributed by atoms with Crippen molar-refractivity contribution in [1.29, 1.82) is 0 Å². The highest BCUT2D eigenvalue weighted by Crippen LogP contribution is 2.18. The first-order chi connectivity index (χ1) is 9.61. The lowest BCUT2D eigenvalue weighted by Crippen LogP contribution is -2.55. The number of amides is 1. The van der Waals surface area contributed by atoms with Crippen molar-refractivity contribution in [3.8, 4) is 0 Å². The van der Waals surface area contributed by atoms with E-state index >= 15 is 0 Å². The zero-order valence-corrected chi connectivity index (χ0v) is 11.8. The molecule has 1 aromatic rings. The Hall–Kier alpha value is -1.50. The molecular weight excluding hydrogens is 256 g/mol. The van der Waals surface area contributed by atoms with Crippen LogP contribution in [0.3, 0.4) is 0 Å². The van der Waals surface area contributed by atoms with E-state index in [1.807, 2.05) is 25.2 Å².